The lowest BCUT2D eigenvalue weighted by Gasteiger charge is -2.30. The normalized spacial score (nSPS) is 17.6. The quantitative estimate of drug-likeness (QED) is 0.849. The summed E-state index contributed by atoms with van der Waals surface area (Å²) in [6, 6.07) is 7.71. The van der Waals surface area contributed by atoms with E-state index in [1.807, 2.05) is 43.1 Å². The minimum atomic E-state index is -0.112. The van der Waals surface area contributed by atoms with E-state index >= 15 is 0 Å². The summed E-state index contributed by atoms with van der Waals surface area (Å²) in [6.07, 6.45) is 4.75. The fraction of sp³-hybridized carbons (Fsp3) is 0.588. The first kappa shape index (κ1) is 16.3. The summed E-state index contributed by atoms with van der Waals surface area (Å²) in [7, 11) is 1.99. The SMILES string of the molecule is CC(C(=O)N1CCCCCC1)N(C)Cc1ccccc1Cl. The third-order valence-electron chi connectivity index (χ3n) is 4.31. The highest BCUT2D eigenvalue weighted by Crippen LogP contribution is 2.18. The first-order valence-corrected chi connectivity index (χ1v) is 8.20. The van der Waals surface area contributed by atoms with Crippen molar-refractivity contribution in [2.45, 2.75) is 45.2 Å². The second-order valence-corrected chi connectivity index (χ2v) is 6.33. The van der Waals surface area contributed by atoms with E-state index in [1.54, 1.807) is 0 Å². The Labute approximate surface area is 132 Å². The molecule has 0 aliphatic carbocycles. The molecular formula is C17H25ClN2O. The Hall–Kier alpha value is -1.06. The van der Waals surface area contributed by atoms with Gasteiger partial charge in [0.15, 0.2) is 0 Å². The van der Waals surface area contributed by atoms with Gasteiger partial charge in [-0.1, -0.05) is 42.6 Å². The first-order chi connectivity index (χ1) is 10.1. The van der Waals surface area contributed by atoms with E-state index < -0.39 is 0 Å². The number of carbonyl (C=O) groups excluding carboxylic acids is 1. The van der Waals surface area contributed by atoms with Crippen molar-refractivity contribution in [1.82, 2.24) is 9.80 Å². The van der Waals surface area contributed by atoms with E-state index in [4.69, 9.17) is 11.6 Å². The lowest BCUT2D eigenvalue weighted by Crippen LogP contribution is -2.45. The first-order valence-electron chi connectivity index (χ1n) is 7.82. The lowest BCUT2D eigenvalue weighted by atomic mass is 10.1. The summed E-state index contributed by atoms with van der Waals surface area (Å²) in [5, 5.41) is 0.763. The number of hydrogen-bond donors (Lipinski definition) is 0. The molecule has 0 bridgehead atoms. The van der Waals surface area contributed by atoms with Gasteiger partial charge in [0, 0.05) is 24.7 Å². The molecule has 0 spiro atoms. The van der Waals surface area contributed by atoms with Gasteiger partial charge in [0.2, 0.25) is 5.91 Å². The standard InChI is InChI=1S/C17H25ClN2O/c1-14(17(21)20-11-7-3-4-8-12-20)19(2)13-15-9-5-6-10-16(15)18/h5-6,9-10,14H,3-4,7-8,11-13H2,1-2H3. The fourth-order valence-electron chi connectivity index (χ4n) is 2.78. The minimum Gasteiger partial charge on any atom is -0.341 e. The monoisotopic (exact) mass is 308 g/mol. The van der Waals surface area contributed by atoms with Gasteiger partial charge in [0.05, 0.1) is 6.04 Å². The number of amides is 1. The van der Waals surface area contributed by atoms with Crippen LogP contribution in [0.15, 0.2) is 24.3 Å². The second-order valence-electron chi connectivity index (χ2n) is 5.92. The van der Waals surface area contributed by atoms with Crippen molar-refractivity contribution in [3.8, 4) is 0 Å². The van der Waals surface area contributed by atoms with Crippen molar-refractivity contribution in [2.75, 3.05) is 20.1 Å². The van der Waals surface area contributed by atoms with E-state index in [-0.39, 0.29) is 11.9 Å². The smallest absolute Gasteiger partial charge is 0.239 e. The van der Waals surface area contributed by atoms with Crippen LogP contribution in [0, 0.1) is 0 Å². The molecule has 1 saturated heterocycles. The van der Waals surface area contributed by atoms with E-state index in [9.17, 15) is 4.79 Å². The molecule has 0 saturated carbocycles. The minimum absolute atomic E-state index is 0.112. The molecule has 0 aromatic heterocycles. The summed E-state index contributed by atoms with van der Waals surface area (Å²) in [5.74, 6) is 0.242. The Morgan fingerprint density at radius 3 is 2.48 bits per heavy atom. The predicted octanol–water partition coefficient (Wildman–Crippen LogP) is 3.56. The Morgan fingerprint density at radius 1 is 1.24 bits per heavy atom. The lowest BCUT2D eigenvalue weighted by molar-refractivity contribution is -0.136. The third-order valence-corrected chi connectivity index (χ3v) is 4.68. The summed E-state index contributed by atoms with van der Waals surface area (Å²) >= 11 is 6.20. The maximum Gasteiger partial charge on any atom is 0.239 e. The molecule has 1 aliphatic rings. The topological polar surface area (TPSA) is 23.6 Å². The zero-order chi connectivity index (χ0) is 15.2. The van der Waals surface area contributed by atoms with Crippen LogP contribution in [0.25, 0.3) is 0 Å². The van der Waals surface area contributed by atoms with E-state index in [2.05, 4.69) is 4.90 Å². The maximum atomic E-state index is 12.6. The van der Waals surface area contributed by atoms with Crippen LogP contribution >= 0.6 is 11.6 Å². The molecule has 0 radical (unpaired) electrons. The molecule has 1 aromatic carbocycles. The van der Waals surface area contributed by atoms with Gasteiger partial charge in [0.25, 0.3) is 0 Å². The zero-order valence-corrected chi connectivity index (χ0v) is 13.8. The van der Waals surface area contributed by atoms with Gasteiger partial charge in [0.1, 0.15) is 0 Å². The van der Waals surface area contributed by atoms with Crippen LogP contribution in [-0.2, 0) is 11.3 Å². The van der Waals surface area contributed by atoms with E-state index in [0.29, 0.717) is 6.54 Å². The van der Waals surface area contributed by atoms with Crippen molar-refractivity contribution in [3.05, 3.63) is 34.9 Å². The number of hydrogen-bond acceptors (Lipinski definition) is 2. The fourth-order valence-corrected chi connectivity index (χ4v) is 2.97. The van der Waals surface area contributed by atoms with Gasteiger partial charge in [-0.3, -0.25) is 9.69 Å². The van der Waals surface area contributed by atoms with Gasteiger partial charge in [-0.05, 0) is 38.4 Å². The van der Waals surface area contributed by atoms with E-state index in [0.717, 1.165) is 36.5 Å². The number of rotatable bonds is 4. The van der Waals surface area contributed by atoms with Crippen LogP contribution in [0.2, 0.25) is 5.02 Å². The molecule has 1 aliphatic heterocycles. The van der Waals surface area contributed by atoms with Crippen molar-refractivity contribution in [2.24, 2.45) is 0 Å². The van der Waals surface area contributed by atoms with Gasteiger partial charge in [-0.25, -0.2) is 0 Å². The van der Waals surface area contributed by atoms with Crippen molar-refractivity contribution >= 4 is 17.5 Å². The zero-order valence-electron chi connectivity index (χ0n) is 13.0. The van der Waals surface area contributed by atoms with Crippen LogP contribution in [0.5, 0.6) is 0 Å². The van der Waals surface area contributed by atoms with Crippen molar-refractivity contribution < 1.29 is 4.79 Å². The molecule has 1 fully saturated rings. The molecule has 4 heteroatoms. The molecule has 2 rings (SSSR count). The van der Waals surface area contributed by atoms with Crippen LogP contribution in [0.4, 0.5) is 0 Å². The van der Waals surface area contributed by atoms with Gasteiger partial charge in [-0.2, -0.15) is 0 Å². The summed E-state index contributed by atoms with van der Waals surface area (Å²) in [5.41, 5.74) is 1.07. The highest BCUT2D eigenvalue weighted by molar-refractivity contribution is 6.31. The number of benzene rings is 1. The number of nitrogens with zero attached hydrogens (tertiary/aromatic N) is 2. The average Bonchev–Trinajstić information content (AvgIpc) is 2.77. The number of likely N-dealkylation sites (tertiary alicyclic amines) is 1. The second kappa shape index (κ2) is 7.81. The Kier molecular flexibility index (Phi) is 6.07. The largest absolute Gasteiger partial charge is 0.341 e. The Balaban J connectivity index is 1.96. The van der Waals surface area contributed by atoms with Crippen LogP contribution in [-0.4, -0.2) is 41.9 Å². The van der Waals surface area contributed by atoms with Crippen molar-refractivity contribution in [1.29, 1.82) is 0 Å². The molecule has 116 valence electrons. The third kappa shape index (κ3) is 4.45. The van der Waals surface area contributed by atoms with Crippen LogP contribution < -0.4 is 0 Å². The average molecular weight is 309 g/mol. The van der Waals surface area contributed by atoms with Gasteiger partial charge < -0.3 is 4.90 Å². The van der Waals surface area contributed by atoms with Gasteiger partial charge in [-0.15, -0.1) is 0 Å². The highest BCUT2D eigenvalue weighted by atomic mass is 35.5. The molecular weight excluding hydrogens is 284 g/mol. The Bertz CT molecular complexity index is 470. The molecule has 0 N–H and O–H groups in total. The predicted molar refractivity (Wildman–Crippen MR) is 87.4 cm³/mol. The molecule has 1 aromatic rings. The molecule has 1 heterocycles. The number of carbonyl (C=O) groups is 1. The molecule has 1 atom stereocenters. The summed E-state index contributed by atoms with van der Waals surface area (Å²) in [4.78, 5) is 16.7. The summed E-state index contributed by atoms with van der Waals surface area (Å²) in [6.45, 7) is 4.50. The van der Waals surface area contributed by atoms with Crippen LogP contribution in [0.1, 0.15) is 38.2 Å². The molecule has 1 unspecified atom stereocenters. The Morgan fingerprint density at radius 2 is 1.86 bits per heavy atom. The number of likely N-dealkylation sites (N-methyl/N-ethyl adjacent to an activating group) is 1. The summed E-state index contributed by atoms with van der Waals surface area (Å²) < 4.78 is 0. The molecule has 1 amide bonds. The van der Waals surface area contributed by atoms with Gasteiger partial charge >= 0.3 is 0 Å². The maximum absolute atomic E-state index is 12.6. The molecule has 3 nitrogen and oxygen atoms in total. The van der Waals surface area contributed by atoms with E-state index in [1.165, 1.54) is 12.8 Å². The van der Waals surface area contributed by atoms with Crippen molar-refractivity contribution in [3.63, 3.8) is 0 Å². The molecule has 21 heavy (non-hydrogen) atoms. The van der Waals surface area contributed by atoms with Crippen LogP contribution in [0.3, 0.4) is 0 Å². The highest BCUT2D eigenvalue weighted by Gasteiger charge is 2.24. The number of halogens is 1.